The lowest BCUT2D eigenvalue weighted by Gasteiger charge is -2.15. The summed E-state index contributed by atoms with van der Waals surface area (Å²) in [6.45, 7) is 3.87. The van der Waals surface area contributed by atoms with Gasteiger partial charge in [0.25, 0.3) is 0 Å². The number of rotatable bonds is 5. The number of nitrogen functional groups attached to an aromatic ring is 1. The third-order valence-corrected chi connectivity index (χ3v) is 2.89. The average Bonchev–Trinajstić information content (AvgIpc) is 2.82. The molecule has 0 atom stereocenters. The number of hydrogen-bond acceptors (Lipinski definition) is 4. The quantitative estimate of drug-likeness (QED) is 0.585. The molecule has 0 spiro atoms. The maximum absolute atomic E-state index is 7.40. The molecular formula is C12H18N4O. The average molecular weight is 234 g/mol. The zero-order chi connectivity index (χ0) is 12.1. The normalized spacial score (nSPS) is 16.0. The van der Waals surface area contributed by atoms with Crippen LogP contribution in [0, 0.1) is 5.41 Å². The molecule has 5 nitrogen and oxygen atoms in total. The number of amidine groups is 1. The van der Waals surface area contributed by atoms with E-state index in [-0.39, 0.29) is 5.84 Å². The predicted octanol–water partition coefficient (Wildman–Crippen LogP) is 0.840. The third-order valence-electron chi connectivity index (χ3n) is 2.89. The molecule has 17 heavy (non-hydrogen) atoms. The Hall–Kier alpha value is -1.62. The van der Waals surface area contributed by atoms with Crippen LogP contribution in [0.1, 0.15) is 18.5 Å². The van der Waals surface area contributed by atoms with Crippen molar-refractivity contribution in [2.45, 2.75) is 12.8 Å². The highest BCUT2D eigenvalue weighted by molar-refractivity contribution is 5.95. The molecule has 3 N–H and O–H groups in total. The van der Waals surface area contributed by atoms with Gasteiger partial charge in [0.05, 0.1) is 0 Å². The standard InChI is InChI=1S/C12H18N4O/c13-12(14)11-10(4-3-5-15-11)17-9-8-16-6-1-2-7-16/h3-5H,1-2,6-9H2,(H3,13,14). The van der Waals surface area contributed by atoms with Gasteiger partial charge in [-0.3, -0.25) is 10.3 Å². The SMILES string of the molecule is N=C(N)c1ncccc1OCCN1CCCC1. The number of hydrogen-bond donors (Lipinski definition) is 2. The zero-order valence-corrected chi connectivity index (χ0v) is 9.85. The molecular weight excluding hydrogens is 216 g/mol. The number of pyridine rings is 1. The van der Waals surface area contributed by atoms with Crippen LogP contribution < -0.4 is 10.5 Å². The van der Waals surface area contributed by atoms with E-state index in [2.05, 4.69) is 9.88 Å². The van der Waals surface area contributed by atoms with Crippen LogP contribution in [0.15, 0.2) is 18.3 Å². The Morgan fingerprint density at radius 3 is 2.94 bits per heavy atom. The van der Waals surface area contributed by atoms with Crippen LogP contribution in [-0.4, -0.2) is 42.0 Å². The summed E-state index contributed by atoms with van der Waals surface area (Å²) in [4.78, 5) is 6.42. The first-order chi connectivity index (χ1) is 8.27. The molecule has 0 bridgehead atoms. The van der Waals surface area contributed by atoms with Crippen molar-refractivity contribution in [3.05, 3.63) is 24.0 Å². The van der Waals surface area contributed by atoms with Crippen molar-refractivity contribution >= 4 is 5.84 Å². The fourth-order valence-electron chi connectivity index (χ4n) is 2.00. The number of aromatic nitrogens is 1. The van der Waals surface area contributed by atoms with Crippen molar-refractivity contribution in [3.8, 4) is 5.75 Å². The van der Waals surface area contributed by atoms with Gasteiger partial charge >= 0.3 is 0 Å². The van der Waals surface area contributed by atoms with Crippen molar-refractivity contribution in [2.24, 2.45) is 5.73 Å². The fourth-order valence-corrected chi connectivity index (χ4v) is 2.00. The zero-order valence-electron chi connectivity index (χ0n) is 9.85. The highest BCUT2D eigenvalue weighted by atomic mass is 16.5. The van der Waals surface area contributed by atoms with Crippen molar-refractivity contribution in [1.82, 2.24) is 9.88 Å². The first-order valence-corrected chi connectivity index (χ1v) is 5.92. The van der Waals surface area contributed by atoms with Crippen molar-refractivity contribution in [2.75, 3.05) is 26.2 Å². The summed E-state index contributed by atoms with van der Waals surface area (Å²) in [5.41, 5.74) is 5.86. The van der Waals surface area contributed by atoms with Gasteiger partial charge in [-0.05, 0) is 38.1 Å². The minimum atomic E-state index is -0.0539. The van der Waals surface area contributed by atoms with Gasteiger partial charge in [-0.15, -0.1) is 0 Å². The van der Waals surface area contributed by atoms with Crippen molar-refractivity contribution < 1.29 is 4.74 Å². The largest absolute Gasteiger partial charge is 0.490 e. The molecule has 1 saturated heterocycles. The van der Waals surface area contributed by atoms with Gasteiger partial charge in [0, 0.05) is 12.7 Å². The summed E-state index contributed by atoms with van der Waals surface area (Å²) in [5.74, 6) is 0.543. The first-order valence-electron chi connectivity index (χ1n) is 5.92. The predicted molar refractivity (Wildman–Crippen MR) is 66.4 cm³/mol. The third kappa shape index (κ3) is 3.17. The van der Waals surface area contributed by atoms with Gasteiger partial charge in [-0.2, -0.15) is 0 Å². The van der Waals surface area contributed by atoms with E-state index in [4.69, 9.17) is 15.9 Å². The Balaban J connectivity index is 1.87. The van der Waals surface area contributed by atoms with Crippen LogP contribution in [0.3, 0.4) is 0 Å². The maximum Gasteiger partial charge on any atom is 0.148 e. The summed E-state index contributed by atoms with van der Waals surface area (Å²) >= 11 is 0. The highest BCUT2D eigenvalue weighted by Crippen LogP contribution is 2.14. The Labute approximate surface area is 101 Å². The second kappa shape index (κ2) is 5.63. The molecule has 1 fully saturated rings. The van der Waals surface area contributed by atoms with Crippen LogP contribution >= 0.6 is 0 Å². The lowest BCUT2D eigenvalue weighted by atomic mass is 10.3. The monoisotopic (exact) mass is 234 g/mol. The lowest BCUT2D eigenvalue weighted by molar-refractivity contribution is 0.237. The smallest absolute Gasteiger partial charge is 0.148 e. The van der Waals surface area contributed by atoms with Gasteiger partial charge in [-0.1, -0.05) is 0 Å². The molecule has 0 aliphatic carbocycles. The second-order valence-electron chi connectivity index (χ2n) is 4.16. The molecule has 5 heteroatoms. The highest BCUT2D eigenvalue weighted by Gasteiger charge is 2.12. The van der Waals surface area contributed by atoms with E-state index in [9.17, 15) is 0 Å². The summed E-state index contributed by atoms with van der Waals surface area (Å²) in [7, 11) is 0. The van der Waals surface area contributed by atoms with Gasteiger partial charge in [0.15, 0.2) is 0 Å². The van der Waals surface area contributed by atoms with Crippen LogP contribution in [-0.2, 0) is 0 Å². The number of nitrogens with two attached hydrogens (primary N) is 1. The van der Waals surface area contributed by atoms with Gasteiger partial charge in [-0.25, -0.2) is 4.98 Å². The van der Waals surface area contributed by atoms with E-state index < -0.39 is 0 Å². The summed E-state index contributed by atoms with van der Waals surface area (Å²) in [6, 6.07) is 3.59. The summed E-state index contributed by atoms with van der Waals surface area (Å²) in [6.07, 6.45) is 4.18. The molecule has 0 unspecified atom stereocenters. The van der Waals surface area contributed by atoms with Crippen LogP contribution in [0.4, 0.5) is 0 Å². The second-order valence-corrected chi connectivity index (χ2v) is 4.16. The van der Waals surface area contributed by atoms with E-state index >= 15 is 0 Å². The topological polar surface area (TPSA) is 75.2 Å². The molecule has 1 aliphatic heterocycles. The minimum absolute atomic E-state index is 0.0539. The molecule has 0 aromatic carbocycles. The number of likely N-dealkylation sites (tertiary alicyclic amines) is 1. The molecule has 0 amide bonds. The molecule has 0 radical (unpaired) electrons. The molecule has 92 valence electrons. The Morgan fingerprint density at radius 2 is 2.24 bits per heavy atom. The van der Waals surface area contributed by atoms with Crippen LogP contribution in [0.2, 0.25) is 0 Å². The van der Waals surface area contributed by atoms with E-state index in [1.54, 1.807) is 18.3 Å². The molecule has 1 aliphatic rings. The molecule has 2 rings (SSSR count). The summed E-state index contributed by atoms with van der Waals surface area (Å²) in [5, 5.41) is 7.40. The lowest BCUT2D eigenvalue weighted by Crippen LogP contribution is -2.25. The van der Waals surface area contributed by atoms with Crippen molar-refractivity contribution in [1.29, 1.82) is 5.41 Å². The molecule has 0 saturated carbocycles. The first kappa shape index (κ1) is 11.9. The van der Waals surface area contributed by atoms with Crippen molar-refractivity contribution in [3.63, 3.8) is 0 Å². The minimum Gasteiger partial charge on any atom is -0.490 e. The maximum atomic E-state index is 7.40. The van der Waals surface area contributed by atoms with E-state index in [0.717, 1.165) is 19.6 Å². The van der Waals surface area contributed by atoms with E-state index in [1.807, 2.05) is 0 Å². The Morgan fingerprint density at radius 1 is 1.47 bits per heavy atom. The molecule has 1 aromatic rings. The van der Waals surface area contributed by atoms with Gasteiger partial charge < -0.3 is 10.5 Å². The molecule has 2 heterocycles. The Kier molecular flexibility index (Phi) is 3.93. The number of nitrogens with zero attached hydrogens (tertiary/aromatic N) is 2. The number of nitrogens with one attached hydrogen (secondary N) is 1. The van der Waals surface area contributed by atoms with Gasteiger partial charge in [0.2, 0.25) is 0 Å². The number of ether oxygens (including phenoxy) is 1. The molecule has 1 aromatic heterocycles. The van der Waals surface area contributed by atoms with E-state index in [0.29, 0.717) is 18.1 Å². The van der Waals surface area contributed by atoms with E-state index in [1.165, 1.54) is 12.8 Å². The van der Waals surface area contributed by atoms with Gasteiger partial charge in [0.1, 0.15) is 23.9 Å². The van der Waals surface area contributed by atoms with Crippen LogP contribution in [0.25, 0.3) is 0 Å². The summed E-state index contributed by atoms with van der Waals surface area (Å²) < 4.78 is 5.64. The Bertz CT molecular complexity index is 388. The van der Waals surface area contributed by atoms with Crippen LogP contribution in [0.5, 0.6) is 5.75 Å². The fraction of sp³-hybridized carbons (Fsp3) is 0.500.